The molecule has 3 aromatic rings. The minimum Gasteiger partial charge on any atom is -0.495 e. The molecule has 3 heterocycles. The van der Waals surface area contributed by atoms with E-state index in [0.717, 1.165) is 29.8 Å². The average Bonchev–Trinajstić information content (AvgIpc) is 3.38. The van der Waals surface area contributed by atoms with E-state index in [0.29, 0.717) is 46.1 Å². The van der Waals surface area contributed by atoms with Gasteiger partial charge in [-0.05, 0) is 36.6 Å². The Morgan fingerprint density at radius 3 is 2.94 bits per heavy atom. The zero-order valence-electron chi connectivity index (χ0n) is 16.9. The molecule has 2 aliphatic rings. The van der Waals surface area contributed by atoms with E-state index in [1.54, 1.807) is 23.9 Å². The summed E-state index contributed by atoms with van der Waals surface area (Å²) in [5.74, 6) is 1.96. The summed E-state index contributed by atoms with van der Waals surface area (Å²) in [6.45, 7) is 3.91. The Morgan fingerprint density at radius 1 is 1.39 bits per heavy atom. The van der Waals surface area contributed by atoms with Gasteiger partial charge in [-0.25, -0.2) is 4.98 Å². The van der Waals surface area contributed by atoms with Crippen molar-refractivity contribution >= 4 is 46.6 Å². The molecule has 31 heavy (non-hydrogen) atoms. The van der Waals surface area contributed by atoms with Crippen LogP contribution >= 0.6 is 11.6 Å². The Hall–Kier alpha value is -3.52. The molecule has 5 rings (SSSR count). The SMILES string of the molecule is C=C1NC(=O)C/C1=C\c1cnn2c(NC3CC3)cc(Nc3cccc(OC)c3Cl)nc12. The number of nitrogens with zero attached hydrogens (tertiary/aromatic N) is 3. The van der Waals surface area contributed by atoms with Crippen molar-refractivity contribution in [3.8, 4) is 5.75 Å². The summed E-state index contributed by atoms with van der Waals surface area (Å²) in [4.78, 5) is 16.5. The van der Waals surface area contributed by atoms with Gasteiger partial charge in [-0.15, -0.1) is 0 Å². The maximum absolute atomic E-state index is 11.7. The van der Waals surface area contributed by atoms with Gasteiger partial charge < -0.3 is 20.7 Å². The number of methoxy groups -OCH3 is 1. The van der Waals surface area contributed by atoms with E-state index >= 15 is 0 Å². The zero-order valence-corrected chi connectivity index (χ0v) is 17.7. The number of hydrogen-bond acceptors (Lipinski definition) is 6. The summed E-state index contributed by atoms with van der Waals surface area (Å²) in [6.07, 6.45) is 6.19. The lowest BCUT2D eigenvalue weighted by atomic mass is 10.1. The van der Waals surface area contributed by atoms with Gasteiger partial charge in [0.2, 0.25) is 5.91 Å². The first kappa shape index (κ1) is 19.4. The molecule has 1 saturated carbocycles. The Labute approximate surface area is 184 Å². The summed E-state index contributed by atoms with van der Waals surface area (Å²) in [5, 5.41) is 14.5. The van der Waals surface area contributed by atoms with Crippen LogP contribution in [0.25, 0.3) is 11.7 Å². The van der Waals surface area contributed by atoms with Crippen LogP contribution in [0.4, 0.5) is 17.3 Å². The molecular weight excluding hydrogens is 416 g/mol. The summed E-state index contributed by atoms with van der Waals surface area (Å²) in [5.41, 5.74) is 3.58. The van der Waals surface area contributed by atoms with Crippen LogP contribution < -0.4 is 20.7 Å². The van der Waals surface area contributed by atoms with Gasteiger partial charge in [-0.2, -0.15) is 9.61 Å². The van der Waals surface area contributed by atoms with Gasteiger partial charge >= 0.3 is 0 Å². The van der Waals surface area contributed by atoms with Crippen molar-refractivity contribution in [2.75, 3.05) is 17.7 Å². The molecule has 8 nitrogen and oxygen atoms in total. The predicted molar refractivity (Wildman–Crippen MR) is 121 cm³/mol. The highest BCUT2D eigenvalue weighted by Crippen LogP contribution is 2.35. The number of aromatic nitrogens is 3. The third-order valence-electron chi connectivity index (χ3n) is 5.23. The predicted octanol–water partition coefficient (Wildman–Crippen LogP) is 4.13. The van der Waals surface area contributed by atoms with Crippen LogP contribution in [0.15, 0.2) is 48.3 Å². The van der Waals surface area contributed by atoms with Crippen LogP contribution in [0.3, 0.4) is 0 Å². The molecule has 158 valence electrons. The Bertz CT molecular complexity index is 1240. The smallest absolute Gasteiger partial charge is 0.228 e. The van der Waals surface area contributed by atoms with E-state index in [-0.39, 0.29) is 5.91 Å². The number of hydrogen-bond donors (Lipinski definition) is 3. The van der Waals surface area contributed by atoms with Crippen LogP contribution in [-0.2, 0) is 4.79 Å². The number of carbonyl (C=O) groups excluding carboxylic acids is 1. The number of halogens is 1. The normalized spacial score (nSPS) is 17.3. The first-order valence-corrected chi connectivity index (χ1v) is 10.3. The number of allylic oxidation sites excluding steroid dienone is 1. The molecule has 0 unspecified atom stereocenters. The van der Waals surface area contributed by atoms with E-state index in [4.69, 9.17) is 21.3 Å². The highest BCUT2D eigenvalue weighted by atomic mass is 35.5. The average molecular weight is 437 g/mol. The van der Waals surface area contributed by atoms with Crippen molar-refractivity contribution in [2.45, 2.75) is 25.3 Å². The van der Waals surface area contributed by atoms with Crippen molar-refractivity contribution in [3.05, 3.63) is 58.9 Å². The van der Waals surface area contributed by atoms with Gasteiger partial charge in [0, 0.05) is 23.4 Å². The summed E-state index contributed by atoms with van der Waals surface area (Å²) >= 11 is 6.46. The Kier molecular flexibility index (Phi) is 4.78. The summed E-state index contributed by atoms with van der Waals surface area (Å²) < 4.78 is 7.08. The first-order valence-electron chi connectivity index (χ1n) is 9.96. The molecule has 1 saturated heterocycles. The highest BCUT2D eigenvalue weighted by Gasteiger charge is 2.24. The highest BCUT2D eigenvalue weighted by molar-refractivity contribution is 6.34. The lowest BCUT2D eigenvalue weighted by Gasteiger charge is -2.13. The molecule has 2 fully saturated rings. The van der Waals surface area contributed by atoms with Gasteiger partial charge in [0.15, 0.2) is 5.65 Å². The lowest BCUT2D eigenvalue weighted by Crippen LogP contribution is -2.10. The number of benzene rings is 1. The van der Waals surface area contributed by atoms with Gasteiger partial charge in [0.05, 0.1) is 25.4 Å². The minimum absolute atomic E-state index is 0.0632. The van der Waals surface area contributed by atoms with Crippen molar-refractivity contribution < 1.29 is 9.53 Å². The second-order valence-corrected chi connectivity index (χ2v) is 7.98. The molecule has 3 N–H and O–H groups in total. The second-order valence-electron chi connectivity index (χ2n) is 7.60. The van der Waals surface area contributed by atoms with E-state index in [1.807, 2.05) is 24.3 Å². The number of rotatable bonds is 6. The topological polar surface area (TPSA) is 92.6 Å². The van der Waals surface area contributed by atoms with Gasteiger partial charge in [-0.3, -0.25) is 4.79 Å². The van der Waals surface area contributed by atoms with Crippen LogP contribution in [0.1, 0.15) is 24.8 Å². The maximum atomic E-state index is 11.7. The van der Waals surface area contributed by atoms with Gasteiger partial charge in [0.1, 0.15) is 22.4 Å². The van der Waals surface area contributed by atoms with Crippen molar-refractivity contribution in [2.24, 2.45) is 0 Å². The lowest BCUT2D eigenvalue weighted by molar-refractivity contribution is -0.118. The molecule has 0 bridgehead atoms. The van der Waals surface area contributed by atoms with E-state index < -0.39 is 0 Å². The van der Waals surface area contributed by atoms with Crippen LogP contribution in [-0.4, -0.2) is 33.7 Å². The summed E-state index contributed by atoms with van der Waals surface area (Å²) in [7, 11) is 1.58. The molecule has 9 heteroatoms. The largest absolute Gasteiger partial charge is 0.495 e. The van der Waals surface area contributed by atoms with Crippen LogP contribution in [0, 0.1) is 0 Å². The molecule has 1 aliphatic carbocycles. The second kappa shape index (κ2) is 7.63. The van der Waals surface area contributed by atoms with E-state index in [9.17, 15) is 4.79 Å². The Balaban J connectivity index is 1.58. The number of fused-ring (bicyclic) bond motifs is 1. The fourth-order valence-electron chi connectivity index (χ4n) is 3.49. The fraction of sp³-hybridized carbons (Fsp3) is 0.227. The Morgan fingerprint density at radius 2 is 2.23 bits per heavy atom. The molecule has 2 aromatic heterocycles. The molecule has 0 radical (unpaired) electrons. The zero-order chi connectivity index (χ0) is 21.5. The monoisotopic (exact) mass is 436 g/mol. The molecule has 1 aromatic carbocycles. The van der Waals surface area contributed by atoms with Crippen LogP contribution in [0.5, 0.6) is 5.75 Å². The molecule has 0 atom stereocenters. The molecule has 1 amide bonds. The number of carbonyl (C=O) groups is 1. The van der Waals surface area contributed by atoms with Crippen molar-refractivity contribution in [1.29, 1.82) is 0 Å². The number of ether oxygens (including phenoxy) is 1. The van der Waals surface area contributed by atoms with Gasteiger partial charge in [-0.1, -0.05) is 24.2 Å². The molecule has 1 aliphatic heterocycles. The fourth-order valence-corrected chi connectivity index (χ4v) is 3.74. The minimum atomic E-state index is -0.0632. The summed E-state index contributed by atoms with van der Waals surface area (Å²) in [6, 6.07) is 7.87. The van der Waals surface area contributed by atoms with Crippen molar-refractivity contribution in [1.82, 2.24) is 19.9 Å². The first-order chi connectivity index (χ1) is 15.0. The number of amides is 1. The van der Waals surface area contributed by atoms with Crippen LogP contribution in [0.2, 0.25) is 5.02 Å². The maximum Gasteiger partial charge on any atom is 0.228 e. The number of anilines is 3. The standard InChI is InChI=1S/C22H21ClN6O2/c1-12-13(9-20(30)25-12)8-14-11-24-29-19(26-15-6-7-15)10-18(28-22(14)29)27-16-4-3-5-17(31-2)21(16)23/h3-5,8,10-11,15,26H,1,6-7,9H2,2H3,(H,25,30)(H,27,28)/b13-8+. The molecular formula is C22H21ClN6O2. The third kappa shape index (κ3) is 3.82. The van der Waals surface area contributed by atoms with Crippen molar-refractivity contribution in [3.63, 3.8) is 0 Å². The number of nitrogens with one attached hydrogen (secondary N) is 3. The quantitative estimate of drug-likeness (QED) is 0.538. The third-order valence-corrected chi connectivity index (χ3v) is 5.62. The van der Waals surface area contributed by atoms with Gasteiger partial charge in [0.25, 0.3) is 0 Å². The molecule has 0 spiro atoms. The van der Waals surface area contributed by atoms with E-state index in [1.165, 1.54) is 0 Å². The van der Waals surface area contributed by atoms with E-state index in [2.05, 4.69) is 27.6 Å².